The number of hydrogen-bond donors (Lipinski definition) is 2. The van der Waals surface area contributed by atoms with Crippen LogP contribution < -0.4 is 11.2 Å². The molecule has 0 fully saturated rings. The predicted octanol–water partition coefficient (Wildman–Crippen LogP) is 1.87. The van der Waals surface area contributed by atoms with E-state index in [4.69, 9.17) is 5.73 Å². The molecule has 0 unspecified atom stereocenters. The zero-order chi connectivity index (χ0) is 12.2. The molecule has 0 aromatic heterocycles. The van der Waals surface area contributed by atoms with Crippen LogP contribution in [0.2, 0.25) is 0 Å². The normalized spacial score (nSPS) is 11.7. The number of nitrogens with one attached hydrogen (secondary N) is 1. The summed E-state index contributed by atoms with van der Waals surface area (Å²) in [5, 5.41) is 3.50. The van der Waals surface area contributed by atoms with Gasteiger partial charge in [-0.15, -0.1) is 0 Å². The Morgan fingerprint density at radius 3 is 2.69 bits per heavy atom. The van der Waals surface area contributed by atoms with Crippen molar-refractivity contribution >= 4 is 23.5 Å². The Bertz CT molecular complexity index is 415. The fourth-order valence-electron chi connectivity index (χ4n) is 0.966. The molecule has 0 aliphatic heterocycles. The van der Waals surface area contributed by atoms with Gasteiger partial charge in [0, 0.05) is 0 Å². The van der Waals surface area contributed by atoms with Crippen LogP contribution in [-0.4, -0.2) is 11.3 Å². The monoisotopic (exact) mass is 247 g/mol. The van der Waals surface area contributed by atoms with Crippen LogP contribution >= 0.6 is 12.2 Å². The molecule has 16 heavy (non-hydrogen) atoms. The minimum atomic E-state index is -4.36. The Morgan fingerprint density at radius 2 is 2.12 bits per heavy atom. The molecule has 3 nitrogen and oxygen atoms in total. The van der Waals surface area contributed by atoms with Crippen molar-refractivity contribution in [2.24, 2.45) is 10.8 Å². The van der Waals surface area contributed by atoms with Crippen LogP contribution in [0.25, 0.3) is 0 Å². The highest BCUT2D eigenvalue weighted by Gasteiger charge is 2.30. The summed E-state index contributed by atoms with van der Waals surface area (Å²) in [6.45, 7) is 0. The first-order chi connectivity index (χ1) is 7.39. The van der Waals surface area contributed by atoms with Crippen LogP contribution in [0.5, 0.6) is 0 Å². The fourth-order valence-corrected chi connectivity index (χ4v) is 1.02. The van der Waals surface area contributed by atoms with E-state index in [0.717, 1.165) is 12.1 Å². The topological polar surface area (TPSA) is 50.4 Å². The summed E-state index contributed by atoms with van der Waals surface area (Å²) in [5.74, 6) is 0. The first kappa shape index (κ1) is 12.4. The summed E-state index contributed by atoms with van der Waals surface area (Å²) in [6.07, 6.45) is -3.16. The summed E-state index contributed by atoms with van der Waals surface area (Å²) >= 11 is 4.47. The van der Waals surface area contributed by atoms with Gasteiger partial charge >= 0.3 is 6.18 Å². The minimum Gasteiger partial charge on any atom is -0.375 e. The molecule has 7 heteroatoms. The van der Waals surface area contributed by atoms with E-state index in [0.29, 0.717) is 5.56 Å². The number of hydrazone groups is 1. The molecule has 0 spiro atoms. The number of hydrogen-bond acceptors (Lipinski definition) is 2. The number of alkyl halides is 3. The summed E-state index contributed by atoms with van der Waals surface area (Å²) in [6, 6.07) is 4.74. The number of nitrogens with two attached hydrogens (primary N) is 1. The number of nitrogens with zero attached hydrogens (tertiary/aromatic N) is 1. The van der Waals surface area contributed by atoms with Crippen LogP contribution in [-0.2, 0) is 6.18 Å². The second kappa shape index (κ2) is 4.93. The Labute approximate surface area is 95.1 Å². The van der Waals surface area contributed by atoms with Gasteiger partial charge in [-0.3, -0.25) is 5.43 Å². The van der Waals surface area contributed by atoms with Crippen LogP contribution in [0, 0.1) is 0 Å². The van der Waals surface area contributed by atoms with E-state index < -0.39 is 11.7 Å². The quantitative estimate of drug-likeness (QED) is 0.476. The van der Waals surface area contributed by atoms with Crippen molar-refractivity contribution in [1.29, 1.82) is 0 Å². The third kappa shape index (κ3) is 3.85. The van der Waals surface area contributed by atoms with Crippen LogP contribution in [0.1, 0.15) is 11.1 Å². The summed E-state index contributed by atoms with van der Waals surface area (Å²) < 4.78 is 37.0. The number of thiocarbonyl (C=S) groups is 1. The Kier molecular flexibility index (Phi) is 3.83. The average molecular weight is 247 g/mol. The molecular formula is C9H8F3N3S. The van der Waals surface area contributed by atoms with Crippen LogP contribution in [0.4, 0.5) is 13.2 Å². The van der Waals surface area contributed by atoms with Crippen molar-refractivity contribution in [3.8, 4) is 0 Å². The van der Waals surface area contributed by atoms with E-state index in [1.54, 1.807) is 0 Å². The van der Waals surface area contributed by atoms with Gasteiger partial charge in [0.1, 0.15) is 0 Å². The van der Waals surface area contributed by atoms with Crippen molar-refractivity contribution in [2.45, 2.75) is 6.18 Å². The van der Waals surface area contributed by atoms with Gasteiger partial charge in [-0.2, -0.15) is 18.3 Å². The average Bonchev–Trinajstić information content (AvgIpc) is 2.16. The third-order valence-corrected chi connectivity index (χ3v) is 1.69. The van der Waals surface area contributed by atoms with E-state index in [1.807, 2.05) is 0 Å². The van der Waals surface area contributed by atoms with Crippen LogP contribution in [0.3, 0.4) is 0 Å². The summed E-state index contributed by atoms with van der Waals surface area (Å²) in [4.78, 5) is 0. The van der Waals surface area contributed by atoms with Gasteiger partial charge < -0.3 is 5.73 Å². The largest absolute Gasteiger partial charge is 0.416 e. The van der Waals surface area contributed by atoms with E-state index in [2.05, 4.69) is 22.7 Å². The summed E-state index contributed by atoms with van der Waals surface area (Å²) in [7, 11) is 0. The predicted molar refractivity (Wildman–Crippen MR) is 59.0 cm³/mol. The van der Waals surface area contributed by atoms with E-state index in [9.17, 15) is 13.2 Å². The van der Waals surface area contributed by atoms with E-state index in [1.165, 1.54) is 18.3 Å². The van der Waals surface area contributed by atoms with Crippen molar-refractivity contribution in [1.82, 2.24) is 5.43 Å². The summed E-state index contributed by atoms with van der Waals surface area (Å²) in [5.41, 5.74) is 6.91. The molecule has 0 saturated carbocycles. The standard InChI is InChI=1S/C9H8F3N3S/c10-9(11,12)7-3-1-2-6(4-7)5-14-15-8(13)16/h1-5H,(H3,13,15,16). The lowest BCUT2D eigenvalue weighted by molar-refractivity contribution is -0.137. The van der Waals surface area contributed by atoms with Crippen molar-refractivity contribution in [3.63, 3.8) is 0 Å². The maximum Gasteiger partial charge on any atom is 0.416 e. The molecule has 0 heterocycles. The maximum absolute atomic E-state index is 12.3. The van der Waals surface area contributed by atoms with Gasteiger partial charge in [0.15, 0.2) is 5.11 Å². The second-order valence-electron chi connectivity index (χ2n) is 2.86. The third-order valence-electron chi connectivity index (χ3n) is 1.60. The van der Waals surface area contributed by atoms with Gasteiger partial charge in [-0.25, -0.2) is 0 Å². The molecule has 1 rings (SSSR count). The molecule has 0 saturated heterocycles. The van der Waals surface area contributed by atoms with Gasteiger partial charge in [-0.05, 0) is 29.9 Å². The molecule has 86 valence electrons. The lowest BCUT2D eigenvalue weighted by Crippen LogP contribution is -2.24. The zero-order valence-corrected chi connectivity index (χ0v) is 8.77. The molecule has 0 aliphatic rings. The number of rotatable bonds is 2. The van der Waals surface area contributed by atoms with E-state index >= 15 is 0 Å². The number of halogens is 3. The molecule has 0 amide bonds. The molecule has 0 atom stereocenters. The SMILES string of the molecule is NC(=S)NN=Cc1cccc(C(F)(F)F)c1. The zero-order valence-electron chi connectivity index (χ0n) is 7.95. The minimum absolute atomic E-state index is 0.0526. The highest BCUT2D eigenvalue weighted by atomic mass is 32.1. The Hall–Kier alpha value is -1.63. The molecule has 1 aromatic carbocycles. The van der Waals surface area contributed by atoms with Gasteiger partial charge in [0.25, 0.3) is 0 Å². The second-order valence-corrected chi connectivity index (χ2v) is 3.30. The fraction of sp³-hybridized carbons (Fsp3) is 0.111. The van der Waals surface area contributed by atoms with Gasteiger partial charge in [-0.1, -0.05) is 12.1 Å². The lowest BCUT2D eigenvalue weighted by Gasteiger charge is -2.06. The Morgan fingerprint density at radius 1 is 1.44 bits per heavy atom. The maximum atomic E-state index is 12.3. The van der Waals surface area contributed by atoms with E-state index in [-0.39, 0.29) is 5.11 Å². The smallest absolute Gasteiger partial charge is 0.375 e. The highest BCUT2D eigenvalue weighted by Crippen LogP contribution is 2.29. The van der Waals surface area contributed by atoms with Crippen molar-refractivity contribution in [2.75, 3.05) is 0 Å². The molecule has 0 bridgehead atoms. The molecular weight excluding hydrogens is 239 g/mol. The highest BCUT2D eigenvalue weighted by molar-refractivity contribution is 7.80. The molecule has 0 aliphatic carbocycles. The first-order valence-corrected chi connectivity index (χ1v) is 4.56. The molecule has 0 radical (unpaired) electrons. The molecule has 3 N–H and O–H groups in total. The lowest BCUT2D eigenvalue weighted by atomic mass is 10.1. The first-order valence-electron chi connectivity index (χ1n) is 4.15. The molecule has 1 aromatic rings. The van der Waals surface area contributed by atoms with Crippen molar-refractivity contribution in [3.05, 3.63) is 35.4 Å². The van der Waals surface area contributed by atoms with Gasteiger partial charge in [0.05, 0.1) is 11.8 Å². The van der Waals surface area contributed by atoms with Crippen LogP contribution in [0.15, 0.2) is 29.4 Å². The number of benzene rings is 1. The van der Waals surface area contributed by atoms with Crippen molar-refractivity contribution < 1.29 is 13.2 Å². The van der Waals surface area contributed by atoms with Gasteiger partial charge in [0.2, 0.25) is 0 Å². The Balaban J connectivity index is 2.83.